The van der Waals surface area contributed by atoms with Crippen molar-refractivity contribution in [2.75, 3.05) is 26.9 Å². The quantitative estimate of drug-likeness (QED) is 0.639. The molecule has 0 rings (SSSR count). The van der Waals surface area contributed by atoms with Gasteiger partial charge in [0.1, 0.15) is 0 Å². The molecule has 0 aromatic heterocycles. The monoisotopic (exact) mass is 280 g/mol. The molecule has 1 unspecified atom stereocenters. The van der Waals surface area contributed by atoms with Crippen molar-refractivity contribution in [3.05, 3.63) is 11.1 Å². The fraction of sp³-hybridized carbons (Fsp3) is 0.667. The molecule has 0 fully saturated rings. The molecular formula is C9H17BrN2O3. The summed E-state index contributed by atoms with van der Waals surface area (Å²) in [6.45, 7) is 4.33. The average molecular weight is 281 g/mol. The van der Waals surface area contributed by atoms with E-state index in [1.54, 1.807) is 7.11 Å². The van der Waals surface area contributed by atoms with Gasteiger partial charge < -0.3 is 20.5 Å². The molecule has 0 aromatic carbocycles. The highest BCUT2D eigenvalue weighted by Gasteiger charge is 2.10. The molecule has 0 bridgehead atoms. The zero-order valence-corrected chi connectivity index (χ0v) is 10.3. The molecule has 0 heterocycles. The maximum absolute atomic E-state index is 11.2. The lowest BCUT2D eigenvalue weighted by Gasteiger charge is -2.16. The third-order valence-corrected chi connectivity index (χ3v) is 1.95. The van der Waals surface area contributed by atoms with E-state index in [-0.39, 0.29) is 18.7 Å². The van der Waals surface area contributed by atoms with Crippen molar-refractivity contribution in [3.63, 3.8) is 0 Å². The zero-order chi connectivity index (χ0) is 11.7. The van der Waals surface area contributed by atoms with Crippen molar-refractivity contribution in [2.45, 2.75) is 12.5 Å². The maximum Gasteiger partial charge on any atom is 0.315 e. The molecule has 15 heavy (non-hydrogen) atoms. The van der Waals surface area contributed by atoms with E-state index in [2.05, 4.69) is 33.1 Å². The van der Waals surface area contributed by atoms with E-state index in [9.17, 15) is 4.79 Å². The van der Waals surface area contributed by atoms with Crippen molar-refractivity contribution in [3.8, 4) is 0 Å². The van der Waals surface area contributed by atoms with Crippen LogP contribution in [0.3, 0.4) is 0 Å². The topological polar surface area (TPSA) is 70.6 Å². The first-order chi connectivity index (χ1) is 7.10. The van der Waals surface area contributed by atoms with E-state index < -0.39 is 0 Å². The lowest BCUT2D eigenvalue weighted by Crippen LogP contribution is -2.44. The second-order valence-electron chi connectivity index (χ2n) is 3.01. The Hall–Kier alpha value is -0.590. The van der Waals surface area contributed by atoms with E-state index in [4.69, 9.17) is 9.84 Å². The summed E-state index contributed by atoms with van der Waals surface area (Å²) >= 11 is 3.12. The molecule has 3 N–H and O–H groups in total. The van der Waals surface area contributed by atoms with Crippen LogP contribution >= 0.6 is 15.9 Å². The Morgan fingerprint density at radius 2 is 2.33 bits per heavy atom. The summed E-state index contributed by atoms with van der Waals surface area (Å²) in [6.07, 6.45) is 0.579. The van der Waals surface area contributed by atoms with E-state index in [1.807, 2.05) is 0 Å². The molecule has 2 amide bonds. The number of amides is 2. The van der Waals surface area contributed by atoms with Crippen molar-refractivity contribution < 1.29 is 14.6 Å². The van der Waals surface area contributed by atoms with Crippen LogP contribution in [-0.4, -0.2) is 44.0 Å². The minimum Gasteiger partial charge on any atom is -0.394 e. The lowest BCUT2D eigenvalue weighted by atomic mass is 10.2. The number of carbonyl (C=O) groups is 1. The van der Waals surface area contributed by atoms with Gasteiger partial charge in [0.15, 0.2) is 0 Å². The van der Waals surface area contributed by atoms with Gasteiger partial charge in [-0.15, -0.1) is 0 Å². The second kappa shape index (κ2) is 8.70. The Bertz CT molecular complexity index is 212. The van der Waals surface area contributed by atoms with Crippen molar-refractivity contribution >= 4 is 22.0 Å². The highest BCUT2D eigenvalue weighted by Crippen LogP contribution is 1.97. The molecule has 0 aliphatic heterocycles. The molecule has 5 nitrogen and oxygen atoms in total. The average Bonchev–Trinajstić information content (AvgIpc) is 2.21. The maximum atomic E-state index is 11.2. The van der Waals surface area contributed by atoms with E-state index in [1.165, 1.54) is 0 Å². The molecule has 0 saturated carbocycles. The molecule has 0 aliphatic rings. The van der Waals surface area contributed by atoms with Gasteiger partial charge in [0.2, 0.25) is 0 Å². The van der Waals surface area contributed by atoms with E-state index in [0.717, 1.165) is 0 Å². The van der Waals surface area contributed by atoms with Gasteiger partial charge >= 0.3 is 6.03 Å². The molecule has 6 heteroatoms. The molecule has 0 spiro atoms. The van der Waals surface area contributed by atoms with Crippen LogP contribution in [0, 0.1) is 0 Å². The Morgan fingerprint density at radius 3 is 2.80 bits per heavy atom. The first-order valence-corrected chi connectivity index (χ1v) is 5.37. The van der Waals surface area contributed by atoms with Crippen LogP contribution in [0.25, 0.3) is 0 Å². The van der Waals surface area contributed by atoms with Crippen molar-refractivity contribution in [1.82, 2.24) is 10.6 Å². The lowest BCUT2D eigenvalue weighted by molar-refractivity contribution is 0.159. The fourth-order valence-corrected chi connectivity index (χ4v) is 1.02. The Balaban J connectivity index is 3.74. The van der Waals surface area contributed by atoms with Crippen LogP contribution in [0.5, 0.6) is 0 Å². The smallest absolute Gasteiger partial charge is 0.315 e. The van der Waals surface area contributed by atoms with Crippen molar-refractivity contribution in [1.29, 1.82) is 0 Å². The SMILES string of the molecule is C=C(Br)CNC(=O)NC(CO)CCOC. The van der Waals surface area contributed by atoms with E-state index in [0.29, 0.717) is 24.1 Å². The number of halogens is 1. The highest BCUT2D eigenvalue weighted by molar-refractivity contribution is 9.11. The number of ether oxygens (including phenoxy) is 1. The molecule has 0 aromatic rings. The Kier molecular flexibility index (Phi) is 8.35. The summed E-state index contributed by atoms with van der Waals surface area (Å²) in [5.41, 5.74) is 0. The van der Waals surface area contributed by atoms with Crippen LogP contribution < -0.4 is 10.6 Å². The van der Waals surface area contributed by atoms with Gasteiger partial charge in [-0.25, -0.2) is 4.79 Å². The summed E-state index contributed by atoms with van der Waals surface area (Å²) in [7, 11) is 1.57. The molecule has 0 radical (unpaired) electrons. The number of urea groups is 1. The summed E-state index contributed by atoms with van der Waals surface area (Å²) < 4.78 is 5.54. The predicted octanol–water partition coefficient (Wildman–Crippen LogP) is 0.592. The second-order valence-corrected chi connectivity index (χ2v) is 4.13. The van der Waals surface area contributed by atoms with Crippen LogP contribution in [-0.2, 0) is 4.74 Å². The summed E-state index contributed by atoms with van der Waals surface area (Å²) in [5, 5.41) is 14.1. The third-order valence-electron chi connectivity index (χ3n) is 1.67. The summed E-state index contributed by atoms with van der Waals surface area (Å²) in [5.74, 6) is 0. The largest absolute Gasteiger partial charge is 0.394 e. The fourth-order valence-electron chi connectivity index (χ4n) is 0.882. The number of hydrogen-bond acceptors (Lipinski definition) is 3. The highest BCUT2D eigenvalue weighted by atomic mass is 79.9. The van der Waals surface area contributed by atoms with Gasteiger partial charge in [-0.2, -0.15) is 0 Å². The predicted molar refractivity (Wildman–Crippen MR) is 62.0 cm³/mol. The van der Waals surface area contributed by atoms with Gasteiger partial charge in [0.05, 0.1) is 19.2 Å². The third kappa shape index (κ3) is 8.41. The van der Waals surface area contributed by atoms with Gasteiger partial charge in [-0.05, 0) is 6.42 Å². The van der Waals surface area contributed by atoms with Crippen LogP contribution in [0.1, 0.15) is 6.42 Å². The number of aliphatic hydroxyl groups is 1. The van der Waals surface area contributed by atoms with Crippen LogP contribution in [0.2, 0.25) is 0 Å². The number of nitrogens with one attached hydrogen (secondary N) is 2. The van der Waals surface area contributed by atoms with Gasteiger partial charge in [0.25, 0.3) is 0 Å². The molecule has 1 atom stereocenters. The van der Waals surface area contributed by atoms with Crippen molar-refractivity contribution in [2.24, 2.45) is 0 Å². The minimum absolute atomic E-state index is 0.105. The molecule has 0 saturated heterocycles. The first kappa shape index (κ1) is 14.4. The number of aliphatic hydroxyl groups excluding tert-OH is 1. The standard InChI is InChI=1S/C9H17BrN2O3/c1-7(10)5-11-9(14)12-8(6-13)3-4-15-2/h8,13H,1,3-6H2,2H3,(H2,11,12,14). The van der Waals surface area contributed by atoms with E-state index >= 15 is 0 Å². The number of rotatable bonds is 7. The molecular weight excluding hydrogens is 264 g/mol. The Labute approximate surface area is 98.0 Å². The summed E-state index contributed by atoms with van der Waals surface area (Å²) in [6, 6.07) is -0.612. The molecule has 0 aliphatic carbocycles. The number of methoxy groups -OCH3 is 1. The van der Waals surface area contributed by atoms with Crippen LogP contribution in [0.4, 0.5) is 4.79 Å². The van der Waals surface area contributed by atoms with Gasteiger partial charge in [-0.3, -0.25) is 0 Å². The molecule has 88 valence electrons. The first-order valence-electron chi connectivity index (χ1n) is 4.57. The Morgan fingerprint density at radius 1 is 1.67 bits per heavy atom. The zero-order valence-electron chi connectivity index (χ0n) is 8.75. The number of hydrogen-bond donors (Lipinski definition) is 3. The normalized spacial score (nSPS) is 11.9. The minimum atomic E-state index is -0.328. The van der Waals surface area contributed by atoms with Gasteiger partial charge in [0, 0.05) is 18.2 Å². The van der Waals surface area contributed by atoms with Gasteiger partial charge in [-0.1, -0.05) is 22.5 Å². The van der Waals surface area contributed by atoms with Crippen LogP contribution in [0.15, 0.2) is 11.1 Å². The summed E-state index contributed by atoms with van der Waals surface area (Å²) in [4.78, 5) is 11.2. The number of carbonyl (C=O) groups excluding carboxylic acids is 1.